The molecular formula is C20H22N4O. The average molecular weight is 334 g/mol. The second kappa shape index (κ2) is 9.24. The first kappa shape index (κ1) is 18.2. The highest BCUT2D eigenvalue weighted by molar-refractivity contribution is 6.01. The van der Waals surface area contributed by atoms with Crippen LogP contribution >= 0.6 is 0 Å². The molecule has 25 heavy (non-hydrogen) atoms. The maximum atomic E-state index is 12.2. The number of nitrogens with one attached hydrogen (secondary N) is 1. The van der Waals surface area contributed by atoms with Crippen molar-refractivity contribution >= 4 is 17.7 Å². The molecule has 5 heteroatoms. The number of nitriles is 1. The Morgan fingerprint density at radius 3 is 2.52 bits per heavy atom. The van der Waals surface area contributed by atoms with E-state index in [1.807, 2.05) is 36.4 Å². The fourth-order valence-electron chi connectivity index (χ4n) is 2.47. The van der Waals surface area contributed by atoms with Crippen molar-refractivity contribution in [3.05, 3.63) is 65.5 Å². The zero-order chi connectivity index (χ0) is 18.1. The molecule has 0 atom stereocenters. The molecule has 0 unspecified atom stereocenters. The maximum Gasteiger partial charge on any atom is 0.262 e. The summed E-state index contributed by atoms with van der Waals surface area (Å²) >= 11 is 0. The van der Waals surface area contributed by atoms with E-state index in [0.717, 1.165) is 29.9 Å². The summed E-state index contributed by atoms with van der Waals surface area (Å²) in [7, 11) is 0. The van der Waals surface area contributed by atoms with E-state index < -0.39 is 0 Å². The highest BCUT2D eigenvalue weighted by atomic mass is 16.1. The Kier molecular flexibility index (Phi) is 6.73. The predicted molar refractivity (Wildman–Crippen MR) is 99.7 cm³/mol. The number of nitrogens with zero attached hydrogens (tertiary/aromatic N) is 3. The minimum Gasteiger partial charge on any atom is -0.372 e. The van der Waals surface area contributed by atoms with Gasteiger partial charge in [0.2, 0.25) is 0 Å². The number of benzene rings is 1. The lowest BCUT2D eigenvalue weighted by molar-refractivity contribution is -0.117. The molecule has 1 aromatic heterocycles. The maximum absolute atomic E-state index is 12.2. The van der Waals surface area contributed by atoms with Crippen LogP contribution in [0.5, 0.6) is 0 Å². The quantitative estimate of drug-likeness (QED) is 0.624. The first-order chi connectivity index (χ1) is 12.2. The normalized spacial score (nSPS) is 10.8. The highest BCUT2D eigenvalue weighted by Crippen LogP contribution is 2.16. The van der Waals surface area contributed by atoms with E-state index in [0.29, 0.717) is 6.54 Å². The molecule has 0 aliphatic rings. The van der Waals surface area contributed by atoms with E-state index in [2.05, 4.69) is 29.0 Å². The van der Waals surface area contributed by atoms with Gasteiger partial charge in [0, 0.05) is 37.7 Å². The second-order valence-electron chi connectivity index (χ2n) is 5.48. The first-order valence-corrected chi connectivity index (χ1v) is 8.31. The van der Waals surface area contributed by atoms with Crippen molar-refractivity contribution in [1.82, 2.24) is 10.3 Å². The van der Waals surface area contributed by atoms with Gasteiger partial charge in [-0.05, 0) is 49.2 Å². The molecule has 1 N–H and O–H groups in total. The molecule has 1 heterocycles. The topological polar surface area (TPSA) is 69.0 Å². The smallest absolute Gasteiger partial charge is 0.262 e. The number of carbonyl (C=O) groups is 1. The van der Waals surface area contributed by atoms with Crippen LogP contribution in [-0.4, -0.2) is 24.0 Å². The SMILES string of the molecule is CCN(CC)c1ccc(/C=C(\C#N)C(=O)NCc2cccnc2)cc1. The molecule has 0 radical (unpaired) electrons. The standard InChI is InChI=1S/C20H22N4O/c1-3-24(4-2)19-9-7-16(8-10-19)12-18(13-21)20(25)23-15-17-6-5-11-22-14-17/h5-12,14H,3-4,15H2,1-2H3,(H,23,25)/b18-12+. The Labute approximate surface area is 148 Å². The lowest BCUT2D eigenvalue weighted by atomic mass is 10.1. The summed E-state index contributed by atoms with van der Waals surface area (Å²) in [6.07, 6.45) is 4.96. The zero-order valence-electron chi connectivity index (χ0n) is 14.6. The van der Waals surface area contributed by atoms with Crippen molar-refractivity contribution in [2.45, 2.75) is 20.4 Å². The molecule has 2 aromatic rings. The van der Waals surface area contributed by atoms with Crippen LogP contribution in [-0.2, 0) is 11.3 Å². The van der Waals surface area contributed by atoms with Gasteiger partial charge in [0.05, 0.1) is 0 Å². The molecule has 5 nitrogen and oxygen atoms in total. The van der Waals surface area contributed by atoms with Crippen LogP contribution in [0.25, 0.3) is 6.08 Å². The molecule has 1 amide bonds. The van der Waals surface area contributed by atoms with Gasteiger partial charge in [-0.15, -0.1) is 0 Å². The number of pyridine rings is 1. The van der Waals surface area contributed by atoms with Crippen LogP contribution in [0.3, 0.4) is 0 Å². The largest absolute Gasteiger partial charge is 0.372 e. The van der Waals surface area contributed by atoms with E-state index in [9.17, 15) is 10.1 Å². The van der Waals surface area contributed by atoms with Crippen molar-refractivity contribution in [2.75, 3.05) is 18.0 Å². The summed E-state index contributed by atoms with van der Waals surface area (Å²) in [5.41, 5.74) is 2.92. The number of aromatic nitrogens is 1. The summed E-state index contributed by atoms with van der Waals surface area (Å²) in [6.45, 7) is 6.43. The fraction of sp³-hybridized carbons (Fsp3) is 0.250. The molecule has 0 spiro atoms. The third kappa shape index (κ3) is 5.18. The molecule has 0 saturated carbocycles. The predicted octanol–water partition coefficient (Wildman–Crippen LogP) is 3.15. The lowest BCUT2D eigenvalue weighted by Gasteiger charge is -2.20. The van der Waals surface area contributed by atoms with Crippen molar-refractivity contribution in [1.29, 1.82) is 5.26 Å². The minimum atomic E-state index is -0.390. The molecule has 0 saturated heterocycles. The van der Waals surface area contributed by atoms with Crippen LogP contribution in [0.15, 0.2) is 54.4 Å². The number of hydrogen-bond acceptors (Lipinski definition) is 4. The monoisotopic (exact) mass is 334 g/mol. The Morgan fingerprint density at radius 1 is 1.24 bits per heavy atom. The summed E-state index contributed by atoms with van der Waals surface area (Å²) in [5, 5.41) is 12.0. The van der Waals surface area contributed by atoms with E-state index >= 15 is 0 Å². The third-order valence-electron chi connectivity index (χ3n) is 3.87. The molecule has 0 bridgehead atoms. The van der Waals surface area contributed by atoms with Gasteiger partial charge in [-0.1, -0.05) is 18.2 Å². The Balaban J connectivity index is 2.06. The van der Waals surface area contributed by atoms with Crippen LogP contribution in [0.4, 0.5) is 5.69 Å². The van der Waals surface area contributed by atoms with Gasteiger partial charge in [-0.2, -0.15) is 5.26 Å². The zero-order valence-corrected chi connectivity index (χ0v) is 14.6. The van der Waals surface area contributed by atoms with E-state index in [1.54, 1.807) is 24.5 Å². The van der Waals surface area contributed by atoms with Crippen LogP contribution in [0, 0.1) is 11.3 Å². The van der Waals surface area contributed by atoms with E-state index in [-0.39, 0.29) is 11.5 Å². The summed E-state index contributed by atoms with van der Waals surface area (Å²) in [4.78, 5) is 18.4. The third-order valence-corrected chi connectivity index (χ3v) is 3.87. The lowest BCUT2D eigenvalue weighted by Crippen LogP contribution is -2.24. The highest BCUT2D eigenvalue weighted by Gasteiger charge is 2.09. The molecule has 0 fully saturated rings. The van der Waals surface area contributed by atoms with Crippen molar-refractivity contribution in [3.8, 4) is 6.07 Å². The molecular weight excluding hydrogens is 312 g/mol. The van der Waals surface area contributed by atoms with Gasteiger partial charge >= 0.3 is 0 Å². The Bertz CT molecular complexity index is 757. The van der Waals surface area contributed by atoms with Crippen molar-refractivity contribution in [2.24, 2.45) is 0 Å². The average Bonchev–Trinajstić information content (AvgIpc) is 2.67. The van der Waals surface area contributed by atoms with Crippen LogP contribution in [0.1, 0.15) is 25.0 Å². The number of hydrogen-bond donors (Lipinski definition) is 1. The summed E-state index contributed by atoms with van der Waals surface area (Å²) < 4.78 is 0. The second-order valence-corrected chi connectivity index (χ2v) is 5.48. The van der Waals surface area contributed by atoms with Gasteiger partial charge in [0.1, 0.15) is 11.6 Å². The van der Waals surface area contributed by atoms with Gasteiger partial charge in [0.25, 0.3) is 5.91 Å². The number of carbonyl (C=O) groups excluding carboxylic acids is 1. The van der Waals surface area contributed by atoms with Crippen molar-refractivity contribution < 1.29 is 4.79 Å². The van der Waals surface area contributed by atoms with Gasteiger partial charge in [0.15, 0.2) is 0 Å². The fourth-order valence-corrected chi connectivity index (χ4v) is 2.47. The van der Waals surface area contributed by atoms with Gasteiger partial charge in [-0.25, -0.2) is 0 Å². The minimum absolute atomic E-state index is 0.0829. The Hall–Kier alpha value is -3.13. The first-order valence-electron chi connectivity index (χ1n) is 8.31. The summed E-state index contributed by atoms with van der Waals surface area (Å²) in [5.74, 6) is -0.390. The number of anilines is 1. The van der Waals surface area contributed by atoms with Crippen molar-refractivity contribution in [3.63, 3.8) is 0 Å². The summed E-state index contributed by atoms with van der Waals surface area (Å²) in [6, 6.07) is 13.5. The molecule has 128 valence electrons. The van der Waals surface area contributed by atoms with Gasteiger partial charge in [-0.3, -0.25) is 9.78 Å². The number of rotatable bonds is 7. The van der Waals surface area contributed by atoms with E-state index in [1.165, 1.54) is 0 Å². The molecule has 0 aliphatic carbocycles. The Morgan fingerprint density at radius 2 is 1.96 bits per heavy atom. The molecule has 1 aromatic carbocycles. The molecule has 0 aliphatic heterocycles. The van der Waals surface area contributed by atoms with Gasteiger partial charge < -0.3 is 10.2 Å². The molecule has 2 rings (SSSR count). The van der Waals surface area contributed by atoms with Crippen LogP contribution < -0.4 is 10.2 Å². The van der Waals surface area contributed by atoms with E-state index in [4.69, 9.17) is 0 Å². The number of amides is 1. The van der Waals surface area contributed by atoms with Crippen LogP contribution in [0.2, 0.25) is 0 Å².